The highest BCUT2D eigenvalue weighted by Gasteiger charge is 2.10. The van der Waals surface area contributed by atoms with E-state index in [0.717, 1.165) is 16.6 Å². The highest BCUT2D eigenvalue weighted by Crippen LogP contribution is 2.31. The van der Waals surface area contributed by atoms with Gasteiger partial charge in [0, 0.05) is 24.9 Å². The van der Waals surface area contributed by atoms with E-state index in [2.05, 4.69) is 15.3 Å². The lowest BCUT2D eigenvalue weighted by Gasteiger charge is -2.06. The van der Waals surface area contributed by atoms with Crippen LogP contribution in [0, 0.1) is 0 Å². The zero-order valence-corrected chi connectivity index (χ0v) is 15.0. The van der Waals surface area contributed by atoms with Crippen molar-refractivity contribution < 1.29 is 17.9 Å². The Bertz CT molecular complexity index is 954. The molecule has 1 aromatic heterocycles. The monoisotopic (exact) mass is 361 g/mol. The predicted molar refractivity (Wildman–Crippen MR) is 96.1 cm³/mol. The lowest BCUT2D eigenvalue weighted by Crippen LogP contribution is -2.02. The van der Waals surface area contributed by atoms with Crippen LogP contribution < -0.4 is 14.8 Å². The number of methoxy groups -OCH3 is 2. The Hall–Kier alpha value is -2.74. The summed E-state index contributed by atoms with van der Waals surface area (Å²) >= 11 is 0. The first kappa shape index (κ1) is 17.1. The molecule has 0 aliphatic carbocycles. The van der Waals surface area contributed by atoms with Crippen molar-refractivity contribution >= 4 is 26.8 Å². The molecule has 3 aromatic rings. The van der Waals surface area contributed by atoms with Gasteiger partial charge in [0.2, 0.25) is 5.95 Å². The van der Waals surface area contributed by atoms with Gasteiger partial charge in [0.15, 0.2) is 21.3 Å². The molecular weight excluding hydrogens is 342 g/mol. The van der Waals surface area contributed by atoms with Gasteiger partial charge < -0.3 is 19.8 Å². The van der Waals surface area contributed by atoms with Gasteiger partial charge >= 0.3 is 0 Å². The first-order valence-electron chi connectivity index (χ1n) is 7.55. The number of H-pyrrole nitrogens is 1. The molecule has 0 atom stereocenters. The van der Waals surface area contributed by atoms with Crippen molar-refractivity contribution in [3.63, 3.8) is 0 Å². The fourth-order valence-corrected chi connectivity index (χ4v) is 3.09. The van der Waals surface area contributed by atoms with Crippen LogP contribution in [0.4, 0.5) is 5.95 Å². The van der Waals surface area contributed by atoms with E-state index < -0.39 is 9.84 Å². The Labute approximate surface area is 145 Å². The molecule has 25 heavy (non-hydrogen) atoms. The maximum atomic E-state index is 11.5. The maximum Gasteiger partial charge on any atom is 0.201 e. The van der Waals surface area contributed by atoms with E-state index >= 15 is 0 Å². The molecule has 0 spiro atoms. The van der Waals surface area contributed by atoms with Gasteiger partial charge in [0.1, 0.15) is 0 Å². The third kappa shape index (κ3) is 3.69. The van der Waals surface area contributed by atoms with Crippen molar-refractivity contribution in [3.8, 4) is 11.5 Å². The number of nitrogens with zero attached hydrogens (tertiary/aromatic N) is 1. The number of imidazole rings is 1. The summed E-state index contributed by atoms with van der Waals surface area (Å²) in [7, 11) is -0.0182. The SMILES string of the molecule is COc1cc2nc(NCc3ccc(S(C)(=O)=O)cc3)[nH]c2cc1OC. The molecule has 132 valence electrons. The summed E-state index contributed by atoms with van der Waals surface area (Å²) < 4.78 is 33.5. The topological polar surface area (TPSA) is 93.3 Å². The maximum absolute atomic E-state index is 11.5. The lowest BCUT2D eigenvalue weighted by molar-refractivity contribution is 0.356. The van der Waals surface area contributed by atoms with E-state index in [1.165, 1.54) is 6.26 Å². The van der Waals surface area contributed by atoms with Crippen LogP contribution in [-0.4, -0.2) is 38.9 Å². The minimum atomic E-state index is -3.18. The summed E-state index contributed by atoms with van der Waals surface area (Å²) in [6, 6.07) is 10.4. The summed E-state index contributed by atoms with van der Waals surface area (Å²) in [6.45, 7) is 0.512. The van der Waals surface area contributed by atoms with Crippen molar-refractivity contribution in [2.75, 3.05) is 25.8 Å². The molecule has 0 amide bonds. The molecule has 8 heteroatoms. The second-order valence-electron chi connectivity index (χ2n) is 5.58. The molecule has 0 saturated carbocycles. The quantitative estimate of drug-likeness (QED) is 0.701. The number of benzene rings is 2. The van der Waals surface area contributed by atoms with E-state index in [1.54, 1.807) is 44.6 Å². The number of aromatic nitrogens is 2. The van der Waals surface area contributed by atoms with Crippen molar-refractivity contribution in [1.82, 2.24) is 9.97 Å². The first-order chi connectivity index (χ1) is 11.9. The van der Waals surface area contributed by atoms with Crippen LogP contribution >= 0.6 is 0 Å². The minimum absolute atomic E-state index is 0.305. The van der Waals surface area contributed by atoms with E-state index in [-0.39, 0.29) is 0 Å². The predicted octanol–water partition coefficient (Wildman–Crippen LogP) is 2.60. The molecule has 0 fully saturated rings. The Morgan fingerprint density at radius 1 is 1.08 bits per heavy atom. The second kappa shape index (κ2) is 6.64. The average Bonchev–Trinajstić information content (AvgIpc) is 3.00. The van der Waals surface area contributed by atoms with Crippen LogP contribution in [0.2, 0.25) is 0 Å². The van der Waals surface area contributed by atoms with Crippen LogP contribution in [0.5, 0.6) is 11.5 Å². The summed E-state index contributed by atoms with van der Waals surface area (Å²) in [5, 5.41) is 3.19. The smallest absolute Gasteiger partial charge is 0.201 e. The molecule has 0 aliphatic heterocycles. The van der Waals surface area contributed by atoms with Crippen molar-refractivity contribution in [2.24, 2.45) is 0 Å². The zero-order chi connectivity index (χ0) is 18.0. The molecule has 7 nitrogen and oxygen atoms in total. The standard InChI is InChI=1S/C17H19N3O4S/c1-23-15-8-13-14(9-16(15)24-2)20-17(19-13)18-10-11-4-6-12(7-5-11)25(3,21)22/h4-9H,10H2,1-3H3,(H2,18,19,20). The molecule has 1 heterocycles. The van der Waals surface area contributed by atoms with Gasteiger partial charge in [-0.15, -0.1) is 0 Å². The van der Waals surface area contributed by atoms with Crippen molar-refractivity contribution in [3.05, 3.63) is 42.0 Å². The van der Waals surface area contributed by atoms with E-state index in [0.29, 0.717) is 28.9 Å². The number of anilines is 1. The summed E-state index contributed by atoms with van der Waals surface area (Å²) in [5.74, 6) is 1.85. The molecule has 0 aliphatic rings. The van der Waals surface area contributed by atoms with Gasteiger partial charge in [-0.05, 0) is 17.7 Å². The third-order valence-corrected chi connectivity index (χ3v) is 4.93. The van der Waals surface area contributed by atoms with Gasteiger partial charge in [-0.3, -0.25) is 0 Å². The molecule has 2 aromatic carbocycles. The number of aromatic amines is 1. The van der Waals surface area contributed by atoms with Gasteiger partial charge in [0.05, 0.1) is 30.1 Å². The van der Waals surface area contributed by atoms with E-state index in [4.69, 9.17) is 9.47 Å². The van der Waals surface area contributed by atoms with E-state index in [1.807, 2.05) is 6.07 Å². The van der Waals surface area contributed by atoms with Crippen LogP contribution in [0.3, 0.4) is 0 Å². The number of sulfone groups is 1. The Balaban J connectivity index is 1.77. The summed E-state index contributed by atoms with van der Waals surface area (Å²) in [4.78, 5) is 7.95. The number of nitrogens with one attached hydrogen (secondary N) is 2. The molecule has 0 radical (unpaired) electrons. The highest BCUT2D eigenvalue weighted by molar-refractivity contribution is 7.90. The molecule has 0 saturated heterocycles. The largest absolute Gasteiger partial charge is 0.493 e. The fraction of sp³-hybridized carbons (Fsp3) is 0.235. The molecule has 0 unspecified atom stereocenters. The van der Waals surface area contributed by atoms with Gasteiger partial charge in [0.25, 0.3) is 0 Å². The Kier molecular flexibility index (Phi) is 4.54. The fourth-order valence-electron chi connectivity index (χ4n) is 2.46. The van der Waals surface area contributed by atoms with Crippen LogP contribution in [0.1, 0.15) is 5.56 Å². The molecule has 3 rings (SSSR count). The molecule has 0 bridgehead atoms. The molecular formula is C17H19N3O4S. The Morgan fingerprint density at radius 2 is 1.72 bits per heavy atom. The number of hydrogen-bond acceptors (Lipinski definition) is 6. The summed E-state index contributed by atoms with van der Waals surface area (Å²) in [6.07, 6.45) is 1.19. The molecule has 2 N–H and O–H groups in total. The minimum Gasteiger partial charge on any atom is -0.493 e. The average molecular weight is 361 g/mol. The number of ether oxygens (including phenoxy) is 2. The number of rotatable bonds is 6. The highest BCUT2D eigenvalue weighted by atomic mass is 32.2. The normalized spacial score (nSPS) is 11.5. The van der Waals surface area contributed by atoms with Crippen LogP contribution in [0.25, 0.3) is 11.0 Å². The number of fused-ring (bicyclic) bond motifs is 1. The van der Waals surface area contributed by atoms with Gasteiger partial charge in [-0.2, -0.15) is 0 Å². The zero-order valence-electron chi connectivity index (χ0n) is 14.2. The Morgan fingerprint density at radius 3 is 2.32 bits per heavy atom. The summed E-state index contributed by atoms with van der Waals surface area (Å²) in [5.41, 5.74) is 2.53. The lowest BCUT2D eigenvalue weighted by atomic mass is 10.2. The van der Waals surface area contributed by atoms with Crippen LogP contribution in [-0.2, 0) is 16.4 Å². The van der Waals surface area contributed by atoms with Crippen molar-refractivity contribution in [1.29, 1.82) is 0 Å². The first-order valence-corrected chi connectivity index (χ1v) is 9.44. The van der Waals surface area contributed by atoms with Gasteiger partial charge in [-0.25, -0.2) is 13.4 Å². The number of hydrogen-bond donors (Lipinski definition) is 2. The van der Waals surface area contributed by atoms with E-state index in [9.17, 15) is 8.42 Å². The third-order valence-electron chi connectivity index (χ3n) is 3.80. The van der Waals surface area contributed by atoms with Crippen molar-refractivity contribution in [2.45, 2.75) is 11.4 Å². The van der Waals surface area contributed by atoms with Crippen LogP contribution in [0.15, 0.2) is 41.3 Å². The van der Waals surface area contributed by atoms with Gasteiger partial charge in [-0.1, -0.05) is 12.1 Å². The second-order valence-corrected chi connectivity index (χ2v) is 7.60.